The molecular formula is C20H27N7OS. The molecule has 29 heavy (non-hydrogen) atoms. The van der Waals surface area contributed by atoms with E-state index in [0.717, 1.165) is 10.9 Å². The summed E-state index contributed by atoms with van der Waals surface area (Å²) in [6.45, 7) is 12.5. The van der Waals surface area contributed by atoms with Gasteiger partial charge in [-0.25, -0.2) is 15.0 Å². The lowest BCUT2D eigenvalue weighted by Gasteiger charge is -2.22. The average molecular weight is 414 g/mol. The first-order chi connectivity index (χ1) is 13.6. The van der Waals surface area contributed by atoms with Crippen LogP contribution in [-0.4, -0.2) is 41.0 Å². The van der Waals surface area contributed by atoms with Crippen LogP contribution in [0.25, 0.3) is 5.95 Å². The van der Waals surface area contributed by atoms with Crippen LogP contribution in [0, 0.1) is 0 Å². The Labute approximate surface area is 175 Å². The summed E-state index contributed by atoms with van der Waals surface area (Å²) in [6.07, 6.45) is 6.98. The molecule has 0 bridgehead atoms. The van der Waals surface area contributed by atoms with Gasteiger partial charge in [0.15, 0.2) is 5.16 Å². The molecule has 0 fully saturated rings. The highest BCUT2D eigenvalue weighted by Gasteiger charge is 2.23. The molecule has 0 atom stereocenters. The molecule has 3 aromatic heterocycles. The minimum atomic E-state index is -0.175. The van der Waals surface area contributed by atoms with E-state index < -0.39 is 0 Å². The second-order valence-corrected chi connectivity index (χ2v) is 9.66. The van der Waals surface area contributed by atoms with Gasteiger partial charge < -0.3 is 9.88 Å². The zero-order chi connectivity index (χ0) is 21.2. The molecule has 0 aliphatic rings. The standard InChI is InChI=1S/C20H27N7OS/c1-19(2,3)14-12-15(27(25-14)17-21-8-7-9-22-17)24-16(28)13-29-18-23-10-11-26(18)20(4,5)6/h7-12H,13H2,1-6H3,(H,24,28). The van der Waals surface area contributed by atoms with Crippen LogP contribution in [0.2, 0.25) is 0 Å². The van der Waals surface area contributed by atoms with Gasteiger partial charge in [0.25, 0.3) is 5.95 Å². The van der Waals surface area contributed by atoms with Gasteiger partial charge in [-0.05, 0) is 26.8 Å². The predicted octanol–water partition coefficient (Wildman–Crippen LogP) is 3.64. The molecule has 0 saturated heterocycles. The Bertz CT molecular complexity index is 980. The van der Waals surface area contributed by atoms with Crippen molar-refractivity contribution in [3.05, 3.63) is 42.6 Å². The van der Waals surface area contributed by atoms with Crippen LogP contribution in [0.15, 0.2) is 42.1 Å². The Kier molecular flexibility index (Phi) is 5.79. The highest BCUT2D eigenvalue weighted by molar-refractivity contribution is 7.99. The van der Waals surface area contributed by atoms with Gasteiger partial charge in [0.05, 0.1) is 11.4 Å². The summed E-state index contributed by atoms with van der Waals surface area (Å²) in [5.74, 6) is 1.05. The van der Waals surface area contributed by atoms with Gasteiger partial charge >= 0.3 is 0 Å². The maximum Gasteiger partial charge on any atom is 0.252 e. The maximum absolute atomic E-state index is 12.7. The van der Waals surface area contributed by atoms with Crippen LogP contribution in [0.3, 0.4) is 0 Å². The summed E-state index contributed by atoms with van der Waals surface area (Å²) in [5, 5.41) is 8.37. The van der Waals surface area contributed by atoms with Crippen molar-refractivity contribution < 1.29 is 4.79 Å². The van der Waals surface area contributed by atoms with E-state index in [0.29, 0.717) is 11.8 Å². The summed E-state index contributed by atoms with van der Waals surface area (Å²) < 4.78 is 3.63. The number of hydrogen-bond acceptors (Lipinski definition) is 6. The third-order valence-corrected chi connectivity index (χ3v) is 5.12. The van der Waals surface area contributed by atoms with Gasteiger partial charge in [-0.2, -0.15) is 9.78 Å². The molecular weight excluding hydrogens is 386 g/mol. The van der Waals surface area contributed by atoms with Crippen molar-refractivity contribution in [1.29, 1.82) is 0 Å². The molecule has 3 aromatic rings. The summed E-state index contributed by atoms with van der Waals surface area (Å²) in [7, 11) is 0. The van der Waals surface area contributed by atoms with Crippen molar-refractivity contribution in [2.75, 3.05) is 11.1 Å². The Morgan fingerprint density at radius 3 is 2.38 bits per heavy atom. The number of nitrogens with one attached hydrogen (secondary N) is 1. The Morgan fingerprint density at radius 2 is 1.76 bits per heavy atom. The fourth-order valence-corrected chi connectivity index (χ4v) is 3.55. The van der Waals surface area contributed by atoms with Crippen molar-refractivity contribution >= 4 is 23.5 Å². The molecule has 0 aliphatic carbocycles. The highest BCUT2D eigenvalue weighted by Crippen LogP contribution is 2.26. The number of anilines is 1. The summed E-state index contributed by atoms with van der Waals surface area (Å²) >= 11 is 1.40. The van der Waals surface area contributed by atoms with E-state index in [1.807, 2.05) is 12.3 Å². The number of amides is 1. The van der Waals surface area contributed by atoms with Crippen LogP contribution in [-0.2, 0) is 15.7 Å². The van der Waals surface area contributed by atoms with Crippen molar-refractivity contribution in [3.63, 3.8) is 0 Å². The lowest BCUT2D eigenvalue weighted by atomic mass is 9.92. The number of rotatable bonds is 5. The van der Waals surface area contributed by atoms with Crippen LogP contribution >= 0.6 is 11.8 Å². The minimum absolute atomic E-state index is 0.0970. The van der Waals surface area contributed by atoms with Gasteiger partial charge in [0.2, 0.25) is 5.91 Å². The number of hydrogen-bond donors (Lipinski definition) is 1. The Morgan fingerprint density at radius 1 is 1.07 bits per heavy atom. The molecule has 0 saturated carbocycles. The summed E-state index contributed by atoms with van der Waals surface area (Å²) in [6, 6.07) is 3.61. The van der Waals surface area contributed by atoms with Gasteiger partial charge in [-0.1, -0.05) is 32.5 Å². The molecule has 9 heteroatoms. The van der Waals surface area contributed by atoms with Gasteiger partial charge in [-0.3, -0.25) is 4.79 Å². The maximum atomic E-state index is 12.7. The average Bonchev–Trinajstić information content (AvgIpc) is 3.27. The first kappa shape index (κ1) is 21.0. The molecule has 0 unspecified atom stereocenters. The molecule has 8 nitrogen and oxygen atoms in total. The van der Waals surface area contributed by atoms with E-state index in [-0.39, 0.29) is 22.6 Å². The first-order valence-electron chi connectivity index (χ1n) is 9.40. The second kappa shape index (κ2) is 7.98. The number of imidazole rings is 1. The fourth-order valence-electron chi connectivity index (χ4n) is 2.61. The summed E-state index contributed by atoms with van der Waals surface area (Å²) in [5.41, 5.74) is 0.572. The topological polar surface area (TPSA) is 90.5 Å². The molecule has 1 amide bonds. The Hall–Kier alpha value is -2.68. The molecule has 0 radical (unpaired) electrons. The largest absolute Gasteiger partial charge is 0.321 e. The third kappa shape index (κ3) is 5.03. The number of carbonyl (C=O) groups excluding carboxylic acids is 1. The van der Waals surface area contributed by atoms with Gasteiger partial charge in [0, 0.05) is 41.8 Å². The van der Waals surface area contributed by atoms with E-state index in [9.17, 15) is 4.79 Å². The predicted molar refractivity (Wildman–Crippen MR) is 114 cm³/mol. The number of nitrogens with zero attached hydrogens (tertiary/aromatic N) is 6. The van der Waals surface area contributed by atoms with Crippen LogP contribution in [0.1, 0.15) is 47.2 Å². The number of aromatic nitrogens is 6. The minimum Gasteiger partial charge on any atom is -0.321 e. The fraction of sp³-hybridized carbons (Fsp3) is 0.450. The van der Waals surface area contributed by atoms with Crippen molar-refractivity contribution in [3.8, 4) is 5.95 Å². The number of thioether (sulfide) groups is 1. The number of carbonyl (C=O) groups is 1. The van der Waals surface area contributed by atoms with E-state index >= 15 is 0 Å². The van der Waals surface area contributed by atoms with Crippen molar-refractivity contribution in [2.45, 2.75) is 57.7 Å². The van der Waals surface area contributed by atoms with E-state index in [1.54, 1.807) is 29.3 Å². The molecule has 0 aromatic carbocycles. The van der Waals surface area contributed by atoms with Crippen LogP contribution < -0.4 is 5.32 Å². The van der Waals surface area contributed by atoms with E-state index in [4.69, 9.17) is 0 Å². The highest BCUT2D eigenvalue weighted by atomic mass is 32.2. The zero-order valence-electron chi connectivity index (χ0n) is 17.7. The molecule has 0 spiro atoms. The second-order valence-electron chi connectivity index (χ2n) is 8.71. The molecule has 1 N–H and O–H groups in total. The van der Waals surface area contributed by atoms with Crippen LogP contribution in [0.5, 0.6) is 0 Å². The first-order valence-corrected chi connectivity index (χ1v) is 10.4. The summed E-state index contributed by atoms with van der Waals surface area (Å²) in [4.78, 5) is 25.5. The SMILES string of the molecule is CC(C)(C)c1cc(NC(=O)CSc2nccn2C(C)(C)C)n(-c2ncccn2)n1. The van der Waals surface area contributed by atoms with Gasteiger partial charge in [-0.15, -0.1) is 0 Å². The molecule has 3 rings (SSSR count). The molecule has 3 heterocycles. The molecule has 0 aliphatic heterocycles. The van der Waals surface area contributed by atoms with Crippen LogP contribution in [0.4, 0.5) is 5.82 Å². The lowest BCUT2D eigenvalue weighted by molar-refractivity contribution is -0.113. The van der Waals surface area contributed by atoms with Crippen molar-refractivity contribution in [2.24, 2.45) is 0 Å². The smallest absolute Gasteiger partial charge is 0.252 e. The van der Waals surface area contributed by atoms with Gasteiger partial charge in [0.1, 0.15) is 5.82 Å². The van der Waals surface area contributed by atoms with E-state index in [2.05, 4.69) is 71.5 Å². The lowest BCUT2D eigenvalue weighted by Crippen LogP contribution is -2.23. The van der Waals surface area contributed by atoms with Crippen molar-refractivity contribution in [1.82, 2.24) is 29.3 Å². The normalized spacial score (nSPS) is 12.2. The third-order valence-electron chi connectivity index (χ3n) is 4.15. The Balaban J connectivity index is 1.78. The monoisotopic (exact) mass is 413 g/mol. The van der Waals surface area contributed by atoms with E-state index in [1.165, 1.54) is 11.8 Å². The molecule has 154 valence electrons. The quantitative estimate of drug-likeness (QED) is 0.642. The zero-order valence-corrected chi connectivity index (χ0v) is 18.5.